The molecule has 0 aliphatic heterocycles. The minimum Gasteiger partial charge on any atom is -0.384 e. The quantitative estimate of drug-likeness (QED) is 0.774. The van der Waals surface area contributed by atoms with Crippen molar-refractivity contribution in [3.05, 3.63) is 47.9 Å². The Morgan fingerprint density at radius 2 is 2.00 bits per heavy atom. The van der Waals surface area contributed by atoms with Crippen LogP contribution in [0, 0.1) is 12.7 Å². The molecule has 2 aromatic heterocycles. The maximum Gasteiger partial charge on any atom is 0.258 e. The molecule has 5 nitrogen and oxygen atoms in total. The number of aromatic nitrogens is 3. The number of hydrogen-bond donors (Lipinski definition) is 1. The third kappa shape index (κ3) is 2.35. The summed E-state index contributed by atoms with van der Waals surface area (Å²) in [7, 11) is 0. The van der Waals surface area contributed by atoms with Gasteiger partial charge in [-0.15, -0.1) is 0 Å². The van der Waals surface area contributed by atoms with Crippen molar-refractivity contribution >= 4 is 5.82 Å². The Hall–Kier alpha value is -2.76. The van der Waals surface area contributed by atoms with Gasteiger partial charge in [0.2, 0.25) is 5.82 Å². The van der Waals surface area contributed by atoms with Crippen LogP contribution in [0.1, 0.15) is 5.56 Å². The number of hydrogen-bond acceptors (Lipinski definition) is 5. The maximum absolute atomic E-state index is 13.4. The molecule has 0 saturated carbocycles. The molecule has 2 N–H and O–H groups in total. The Balaban J connectivity index is 2.02. The predicted octanol–water partition coefficient (Wildman–Crippen LogP) is 2.83. The average molecular weight is 270 g/mol. The van der Waals surface area contributed by atoms with E-state index in [0.717, 1.165) is 5.56 Å². The smallest absolute Gasteiger partial charge is 0.258 e. The molecule has 3 aromatic rings. The first-order valence-corrected chi connectivity index (χ1v) is 5.95. The average Bonchev–Trinajstić information content (AvgIpc) is 2.87. The highest BCUT2D eigenvalue weighted by molar-refractivity contribution is 5.61. The van der Waals surface area contributed by atoms with E-state index in [2.05, 4.69) is 15.1 Å². The first-order valence-electron chi connectivity index (χ1n) is 5.95. The Morgan fingerprint density at radius 3 is 2.75 bits per heavy atom. The van der Waals surface area contributed by atoms with Gasteiger partial charge < -0.3 is 10.3 Å². The van der Waals surface area contributed by atoms with Gasteiger partial charge in [0.1, 0.15) is 11.6 Å². The second kappa shape index (κ2) is 4.73. The van der Waals surface area contributed by atoms with Gasteiger partial charge in [0, 0.05) is 17.3 Å². The van der Waals surface area contributed by atoms with E-state index in [0.29, 0.717) is 28.7 Å². The number of pyridine rings is 1. The summed E-state index contributed by atoms with van der Waals surface area (Å²) in [6.45, 7) is 1.80. The van der Waals surface area contributed by atoms with Crippen LogP contribution in [0.4, 0.5) is 10.2 Å². The normalized spacial score (nSPS) is 10.7. The summed E-state index contributed by atoms with van der Waals surface area (Å²) in [4.78, 5) is 8.14. The number of nitrogen functional groups attached to an aromatic ring is 1. The van der Waals surface area contributed by atoms with E-state index < -0.39 is 0 Å². The zero-order valence-electron chi connectivity index (χ0n) is 10.7. The number of nitrogens with zero attached hydrogens (tertiary/aromatic N) is 3. The molecular formula is C14H11FN4O. The van der Waals surface area contributed by atoms with Gasteiger partial charge in [-0.25, -0.2) is 9.37 Å². The molecule has 0 unspecified atom stereocenters. The lowest BCUT2D eigenvalue weighted by molar-refractivity contribution is 0.432. The third-order valence-electron chi connectivity index (χ3n) is 2.75. The van der Waals surface area contributed by atoms with Gasteiger partial charge in [0.15, 0.2) is 0 Å². The van der Waals surface area contributed by atoms with Gasteiger partial charge in [-0.05, 0) is 42.8 Å². The highest BCUT2D eigenvalue weighted by atomic mass is 19.1. The fourth-order valence-electron chi connectivity index (χ4n) is 1.90. The molecule has 0 fully saturated rings. The standard InChI is InChI=1S/C14H11FN4O/c1-8-4-10(6-11(15)5-8)13-18-14(20-19-13)9-2-3-17-12(16)7-9/h2-7H,1H3,(H2,16,17). The van der Waals surface area contributed by atoms with Crippen molar-refractivity contribution in [2.45, 2.75) is 6.92 Å². The van der Waals surface area contributed by atoms with Crippen LogP contribution in [0.25, 0.3) is 22.8 Å². The summed E-state index contributed by atoms with van der Waals surface area (Å²) in [5.41, 5.74) is 7.63. The first kappa shape index (κ1) is 12.3. The zero-order chi connectivity index (χ0) is 14.1. The van der Waals surface area contributed by atoms with Crippen LogP contribution in [0.2, 0.25) is 0 Å². The van der Waals surface area contributed by atoms with Crippen molar-refractivity contribution in [2.24, 2.45) is 0 Å². The molecule has 0 spiro atoms. The van der Waals surface area contributed by atoms with E-state index in [-0.39, 0.29) is 5.82 Å². The molecule has 3 rings (SSSR count). The fourth-order valence-corrected chi connectivity index (χ4v) is 1.90. The van der Waals surface area contributed by atoms with Crippen molar-refractivity contribution < 1.29 is 8.91 Å². The molecule has 0 bridgehead atoms. The number of rotatable bonds is 2. The van der Waals surface area contributed by atoms with E-state index in [1.807, 2.05) is 0 Å². The highest BCUT2D eigenvalue weighted by Gasteiger charge is 2.12. The lowest BCUT2D eigenvalue weighted by Crippen LogP contribution is -1.89. The van der Waals surface area contributed by atoms with E-state index >= 15 is 0 Å². The molecule has 0 radical (unpaired) electrons. The summed E-state index contributed by atoms with van der Waals surface area (Å²) < 4.78 is 18.6. The van der Waals surface area contributed by atoms with Gasteiger partial charge in [0.05, 0.1) is 0 Å². The van der Waals surface area contributed by atoms with Crippen molar-refractivity contribution in [3.63, 3.8) is 0 Å². The van der Waals surface area contributed by atoms with Gasteiger partial charge in [-0.2, -0.15) is 4.98 Å². The van der Waals surface area contributed by atoms with Gasteiger partial charge in [0.25, 0.3) is 5.89 Å². The Labute approximate surface area is 114 Å². The lowest BCUT2D eigenvalue weighted by Gasteiger charge is -1.97. The van der Waals surface area contributed by atoms with E-state index in [4.69, 9.17) is 10.3 Å². The van der Waals surface area contributed by atoms with Crippen LogP contribution in [-0.4, -0.2) is 15.1 Å². The summed E-state index contributed by atoms with van der Waals surface area (Å²) in [6, 6.07) is 7.94. The lowest BCUT2D eigenvalue weighted by atomic mass is 10.1. The molecule has 6 heteroatoms. The van der Waals surface area contributed by atoms with Crippen LogP contribution in [0.3, 0.4) is 0 Å². The monoisotopic (exact) mass is 270 g/mol. The van der Waals surface area contributed by atoms with Crippen molar-refractivity contribution in [1.82, 2.24) is 15.1 Å². The number of benzene rings is 1. The van der Waals surface area contributed by atoms with Gasteiger partial charge in [-0.1, -0.05) is 5.16 Å². The number of nitrogens with two attached hydrogens (primary N) is 1. The molecule has 2 heterocycles. The fraction of sp³-hybridized carbons (Fsp3) is 0.0714. The number of aryl methyl sites for hydroxylation is 1. The van der Waals surface area contributed by atoms with Crippen LogP contribution >= 0.6 is 0 Å². The number of halogens is 1. The Morgan fingerprint density at radius 1 is 1.15 bits per heavy atom. The molecular weight excluding hydrogens is 259 g/mol. The van der Waals surface area contributed by atoms with E-state index in [1.54, 1.807) is 31.3 Å². The van der Waals surface area contributed by atoms with Crippen LogP contribution in [0.15, 0.2) is 41.1 Å². The first-order chi connectivity index (χ1) is 9.61. The van der Waals surface area contributed by atoms with Crippen LogP contribution in [-0.2, 0) is 0 Å². The molecule has 100 valence electrons. The third-order valence-corrected chi connectivity index (χ3v) is 2.75. The molecule has 0 aliphatic carbocycles. The molecule has 1 aromatic carbocycles. The molecule has 0 atom stereocenters. The Kier molecular flexibility index (Phi) is 2.90. The molecule has 0 aliphatic rings. The molecule has 0 amide bonds. The minimum absolute atomic E-state index is 0.316. The topological polar surface area (TPSA) is 77.8 Å². The van der Waals surface area contributed by atoms with E-state index in [1.165, 1.54) is 12.1 Å². The second-order valence-corrected chi connectivity index (χ2v) is 4.41. The van der Waals surface area contributed by atoms with Crippen LogP contribution < -0.4 is 5.73 Å². The van der Waals surface area contributed by atoms with Gasteiger partial charge >= 0.3 is 0 Å². The van der Waals surface area contributed by atoms with Gasteiger partial charge in [-0.3, -0.25) is 0 Å². The minimum atomic E-state index is -0.334. The SMILES string of the molecule is Cc1cc(F)cc(-c2noc(-c3ccnc(N)c3)n2)c1. The van der Waals surface area contributed by atoms with Crippen LogP contribution in [0.5, 0.6) is 0 Å². The number of anilines is 1. The highest BCUT2D eigenvalue weighted by Crippen LogP contribution is 2.24. The van der Waals surface area contributed by atoms with Crippen molar-refractivity contribution in [2.75, 3.05) is 5.73 Å². The predicted molar refractivity (Wildman–Crippen MR) is 72.1 cm³/mol. The second-order valence-electron chi connectivity index (χ2n) is 4.41. The van der Waals surface area contributed by atoms with E-state index in [9.17, 15) is 4.39 Å². The maximum atomic E-state index is 13.4. The summed E-state index contributed by atoms with van der Waals surface area (Å²) in [6.07, 6.45) is 1.56. The summed E-state index contributed by atoms with van der Waals surface area (Å²) in [5.74, 6) is 0.678. The molecule has 20 heavy (non-hydrogen) atoms. The van der Waals surface area contributed by atoms with Crippen molar-refractivity contribution in [3.8, 4) is 22.8 Å². The summed E-state index contributed by atoms with van der Waals surface area (Å²) >= 11 is 0. The Bertz CT molecular complexity index is 749. The summed E-state index contributed by atoms with van der Waals surface area (Å²) in [5, 5.41) is 3.86. The molecule has 0 saturated heterocycles. The van der Waals surface area contributed by atoms with Crippen molar-refractivity contribution in [1.29, 1.82) is 0 Å². The zero-order valence-corrected chi connectivity index (χ0v) is 10.7. The largest absolute Gasteiger partial charge is 0.384 e.